The number of amides is 1. The van der Waals surface area contributed by atoms with Crippen molar-refractivity contribution in [2.45, 2.75) is 6.23 Å². The van der Waals surface area contributed by atoms with Crippen molar-refractivity contribution in [3.05, 3.63) is 28.2 Å². The van der Waals surface area contributed by atoms with Crippen LogP contribution in [0.2, 0.25) is 10.0 Å². The molecule has 0 bridgehead atoms. The van der Waals surface area contributed by atoms with E-state index in [4.69, 9.17) is 23.2 Å². The fourth-order valence-electron chi connectivity index (χ4n) is 1.34. The van der Waals surface area contributed by atoms with Crippen LogP contribution in [0.25, 0.3) is 0 Å². The highest BCUT2D eigenvalue weighted by Crippen LogP contribution is 2.32. The van der Waals surface area contributed by atoms with Crippen molar-refractivity contribution in [2.75, 3.05) is 11.5 Å². The lowest BCUT2D eigenvalue weighted by Gasteiger charge is -2.18. The van der Waals surface area contributed by atoms with Gasteiger partial charge in [-0.1, -0.05) is 23.2 Å². The standard InChI is InChI=1S/C9H7Cl2NO3/c10-5-1-2-6(11)7(3-5)12-8(13)4-15-9(12)14/h1-3,8,13H,4H2. The van der Waals surface area contributed by atoms with Crippen LogP contribution in [0.4, 0.5) is 10.5 Å². The number of aliphatic hydroxyl groups is 1. The average Bonchev–Trinajstić information content (AvgIpc) is 2.51. The van der Waals surface area contributed by atoms with Gasteiger partial charge in [0.15, 0.2) is 6.23 Å². The highest BCUT2D eigenvalue weighted by molar-refractivity contribution is 6.35. The Labute approximate surface area is 96.0 Å². The molecule has 1 heterocycles. The second-order valence-electron chi connectivity index (χ2n) is 3.02. The van der Waals surface area contributed by atoms with E-state index in [9.17, 15) is 9.90 Å². The number of halogens is 2. The summed E-state index contributed by atoms with van der Waals surface area (Å²) in [6.07, 6.45) is -1.65. The van der Waals surface area contributed by atoms with Gasteiger partial charge in [-0.25, -0.2) is 9.69 Å². The van der Waals surface area contributed by atoms with E-state index in [0.717, 1.165) is 4.90 Å². The van der Waals surface area contributed by atoms with Crippen molar-refractivity contribution in [3.8, 4) is 0 Å². The van der Waals surface area contributed by atoms with Gasteiger partial charge in [0.25, 0.3) is 0 Å². The summed E-state index contributed by atoms with van der Waals surface area (Å²) in [6, 6.07) is 4.65. The summed E-state index contributed by atoms with van der Waals surface area (Å²) in [7, 11) is 0. The number of nitrogens with zero attached hydrogens (tertiary/aromatic N) is 1. The van der Waals surface area contributed by atoms with Crippen LogP contribution in [0.3, 0.4) is 0 Å². The molecule has 15 heavy (non-hydrogen) atoms. The third-order valence-electron chi connectivity index (χ3n) is 2.02. The van der Waals surface area contributed by atoms with Crippen molar-refractivity contribution in [1.29, 1.82) is 0 Å². The molecular weight excluding hydrogens is 241 g/mol. The number of benzene rings is 1. The summed E-state index contributed by atoms with van der Waals surface area (Å²) in [5, 5.41) is 10.3. The van der Waals surface area contributed by atoms with Crippen LogP contribution in [0.15, 0.2) is 18.2 Å². The number of ether oxygens (including phenoxy) is 1. The van der Waals surface area contributed by atoms with Crippen LogP contribution in [-0.4, -0.2) is 24.0 Å². The zero-order chi connectivity index (χ0) is 11.0. The number of carbonyl (C=O) groups is 1. The molecular formula is C9H7Cl2NO3. The maximum Gasteiger partial charge on any atom is 0.416 e. The molecule has 1 N–H and O–H groups in total. The zero-order valence-corrected chi connectivity index (χ0v) is 9.00. The van der Waals surface area contributed by atoms with Gasteiger partial charge in [-0.3, -0.25) is 0 Å². The highest BCUT2D eigenvalue weighted by atomic mass is 35.5. The predicted molar refractivity (Wildman–Crippen MR) is 56.3 cm³/mol. The van der Waals surface area contributed by atoms with E-state index in [2.05, 4.69) is 4.74 Å². The van der Waals surface area contributed by atoms with Crippen LogP contribution in [0, 0.1) is 0 Å². The number of hydrogen-bond acceptors (Lipinski definition) is 3. The lowest BCUT2D eigenvalue weighted by molar-refractivity contribution is 0.135. The Bertz CT molecular complexity index is 410. The average molecular weight is 248 g/mol. The summed E-state index contributed by atoms with van der Waals surface area (Å²) >= 11 is 11.7. The lowest BCUT2D eigenvalue weighted by Crippen LogP contribution is -2.33. The van der Waals surface area contributed by atoms with Crippen molar-refractivity contribution < 1.29 is 14.6 Å². The molecule has 0 aliphatic carbocycles. The van der Waals surface area contributed by atoms with Gasteiger partial charge in [0.1, 0.15) is 6.61 Å². The number of cyclic esters (lactones) is 1. The van der Waals surface area contributed by atoms with Crippen LogP contribution < -0.4 is 4.90 Å². The Kier molecular flexibility index (Phi) is 2.73. The molecule has 1 atom stereocenters. The van der Waals surface area contributed by atoms with Crippen molar-refractivity contribution >= 4 is 35.0 Å². The van der Waals surface area contributed by atoms with Gasteiger partial charge >= 0.3 is 6.09 Å². The largest absolute Gasteiger partial charge is 0.444 e. The van der Waals surface area contributed by atoms with E-state index in [1.807, 2.05) is 0 Å². The Morgan fingerprint density at radius 2 is 2.20 bits per heavy atom. The van der Waals surface area contributed by atoms with Gasteiger partial charge in [0.05, 0.1) is 10.7 Å². The number of hydrogen-bond donors (Lipinski definition) is 1. The number of aliphatic hydroxyl groups excluding tert-OH is 1. The number of rotatable bonds is 1. The Morgan fingerprint density at radius 3 is 2.80 bits per heavy atom. The first-order chi connectivity index (χ1) is 7.09. The minimum Gasteiger partial charge on any atom is -0.444 e. The molecule has 1 amide bonds. The van der Waals surface area contributed by atoms with E-state index in [-0.39, 0.29) is 6.61 Å². The van der Waals surface area contributed by atoms with Crippen LogP contribution in [0.5, 0.6) is 0 Å². The fourth-order valence-corrected chi connectivity index (χ4v) is 1.72. The molecule has 0 spiro atoms. The normalized spacial score (nSPS) is 20.6. The second-order valence-corrected chi connectivity index (χ2v) is 3.87. The number of anilines is 1. The summed E-state index contributed by atoms with van der Waals surface area (Å²) in [6.45, 7) is -0.0678. The molecule has 6 heteroatoms. The predicted octanol–water partition coefficient (Wildman–Crippen LogP) is 2.27. The van der Waals surface area contributed by atoms with Crippen LogP contribution in [0.1, 0.15) is 0 Å². The molecule has 1 aromatic rings. The van der Waals surface area contributed by atoms with Crippen LogP contribution >= 0.6 is 23.2 Å². The van der Waals surface area contributed by atoms with E-state index >= 15 is 0 Å². The molecule has 1 aliphatic heterocycles. The van der Waals surface area contributed by atoms with Crippen LogP contribution in [-0.2, 0) is 4.74 Å². The third-order valence-corrected chi connectivity index (χ3v) is 2.57. The summed E-state index contributed by atoms with van der Waals surface area (Å²) in [5.74, 6) is 0. The van der Waals surface area contributed by atoms with Gasteiger partial charge in [0.2, 0.25) is 0 Å². The summed E-state index contributed by atoms with van der Waals surface area (Å²) in [5.41, 5.74) is 0.346. The number of carbonyl (C=O) groups excluding carboxylic acids is 1. The fraction of sp³-hybridized carbons (Fsp3) is 0.222. The maximum absolute atomic E-state index is 11.3. The molecule has 1 aliphatic rings. The molecule has 80 valence electrons. The van der Waals surface area contributed by atoms with Gasteiger partial charge in [-0.05, 0) is 18.2 Å². The SMILES string of the molecule is O=C1OCC(O)N1c1cc(Cl)ccc1Cl. The molecule has 1 saturated heterocycles. The molecule has 4 nitrogen and oxygen atoms in total. The molecule has 0 aromatic heterocycles. The topological polar surface area (TPSA) is 49.8 Å². The first-order valence-electron chi connectivity index (χ1n) is 4.18. The van der Waals surface area contributed by atoms with Crippen molar-refractivity contribution in [2.24, 2.45) is 0 Å². The van der Waals surface area contributed by atoms with Gasteiger partial charge in [-0.15, -0.1) is 0 Å². The minimum atomic E-state index is -1.02. The smallest absolute Gasteiger partial charge is 0.416 e. The molecule has 1 unspecified atom stereocenters. The molecule has 0 radical (unpaired) electrons. The first-order valence-corrected chi connectivity index (χ1v) is 4.94. The van der Waals surface area contributed by atoms with Gasteiger partial charge in [0, 0.05) is 5.02 Å². The Hall–Kier alpha value is -0.970. The van der Waals surface area contributed by atoms with E-state index in [0.29, 0.717) is 15.7 Å². The first kappa shape index (κ1) is 10.5. The van der Waals surface area contributed by atoms with E-state index in [1.165, 1.54) is 6.07 Å². The molecule has 1 fully saturated rings. The Morgan fingerprint density at radius 1 is 1.47 bits per heavy atom. The van der Waals surface area contributed by atoms with Gasteiger partial charge in [-0.2, -0.15) is 0 Å². The lowest BCUT2D eigenvalue weighted by atomic mass is 10.3. The quantitative estimate of drug-likeness (QED) is 0.829. The van der Waals surface area contributed by atoms with E-state index in [1.54, 1.807) is 12.1 Å². The van der Waals surface area contributed by atoms with E-state index < -0.39 is 12.3 Å². The Balaban J connectivity index is 2.44. The monoisotopic (exact) mass is 247 g/mol. The molecule has 2 rings (SSSR count). The zero-order valence-electron chi connectivity index (χ0n) is 7.48. The third kappa shape index (κ3) is 1.88. The maximum atomic E-state index is 11.3. The molecule has 1 aromatic carbocycles. The van der Waals surface area contributed by atoms with Crippen molar-refractivity contribution in [1.82, 2.24) is 0 Å². The highest BCUT2D eigenvalue weighted by Gasteiger charge is 2.33. The second kappa shape index (κ2) is 3.89. The van der Waals surface area contributed by atoms with Gasteiger partial charge < -0.3 is 9.84 Å². The summed E-state index contributed by atoms with van der Waals surface area (Å²) < 4.78 is 4.66. The van der Waals surface area contributed by atoms with Crippen molar-refractivity contribution in [3.63, 3.8) is 0 Å². The minimum absolute atomic E-state index is 0.0678. The molecule has 0 saturated carbocycles. The summed E-state index contributed by atoms with van der Waals surface area (Å²) in [4.78, 5) is 12.4.